The van der Waals surface area contributed by atoms with E-state index >= 15 is 0 Å². The Bertz CT molecular complexity index is 183. The van der Waals surface area contributed by atoms with E-state index in [1.807, 2.05) is 0 Å². The average molecular weight is 183 g/mol. The molecule has 2 fully saturated rings. The second kappa shape index (κ2) is 2.96. The minimum atomic E-state index is -0.00130. The minimum Gasteiger partial charge on any atom is -0.392 e. The fraction of sp³-hybridized carbons (Fsp3) is 1.00. The molecule has 1 aliphatic heterocycles. The van der Waals surface area contributed by atoms with Crippen LogP contribution in [-0.2, 0) is 0 Å². The summed E-state index contributed by atoms with van der Waals surface area (Å²) in [5.41, 5.74) is 0.279. The summed E-state index contributed by atoms with van der Waals surface area (Å²) >= 11 is 0. The molecule has 0 radical (unpaired) electrons. The zero-order chi connectivity index (χ0) is 9.64. The van der Waals surface area contributed by atoms with Crippen LogP contribution in [-0.4, -0.2) is 34.7 Å². The SMILES string of the molecule is CC(C)(C)N1C[C@H]2CC[C@@H](C1)[C@@H]2O. The number of likely N-dealkylation sites (tertiary alicyclic amines) is 1. The molecule has 1 aliphatic carbocycles. The fourth-order valence-electron chi connectivity index (χ4n) is 2.74. The van der Waals surface area contributed by atoms with E-state index in [2.05, 4.69) is 25.7 Å². The fourth-order valence-corrected chi connectivity index (χ4v) is 2.74. The van der Waals surface area contributed by atoms with Crippen molar-refractivity contribution in [2.75, 3.05) is 13.1 Å². The average Bonchev–Trinajstić information content (AvgIpc) is 2.29. The van der Waals surface area contributed by atoms with Crippen molar-refractivity contribution in [3.8, 4) is 0 Å². The first-order chi connectivity index (χ1) is 5.98. The molecule has 0 aromatic rings. The van der Waals surface area contributed by atoms with E-state index in [1.54, 1.807) is 0 Å². The van der Waals surface area contributed by atoms with Gasteiger partial charge in [-0.15, -0.1) is 0 Å². The van der Waals surface area contributed by atoms with Crippen LogP contribution < -0.4 is 0 Å². The van der Waals surface area contributed by atoms with Crippen LogP contribution in [0.3, 0.4) is 0 Å². The van der Waals surface area contributed by atoms with Gasteiger partial charge in [-0.2, -0.15) is 0 Å². The van der Waals surface area contributed by atoms with Gasteiger partial charge in [0.05, 0.1) is 6.10 Å². The lowest BCUT2D eigenvalue weighted by atomic mass is 9.91. The van der Waals surface area contributed by atoms with E-state index in [9.17, 15) is 5.11 Å². The van der Waals surface area contributed by atoms with Crippen molar-refractivity contribution in [3.63, 3.8) is 0 Å². The topological polar surface area (TPSA) is 23.5 Å². The van der Waals surface area contributed by atoms with Crippen LogP contribution in [0.2, 0.25) is 0 Å². The third-order valence-electron chi connectivity index (χ3n) is 3.73. The first-order valence-corrected chi connectivity index (χ1v) is 5.41. The summed E-state index contributed by atoms with van der Waals surface area (Å²) in [5, 5.41) is 9.87. The van der Waals surface area contributed by atoms with Crippen molar-refractivity contribution in [3.05, 3.63) is 0 Å². The molecular weight excluding hydrogens is 162 g/mol. The Morgan fingerprint density at radius 3 is 1.92 bits per heavy atom. The molecule has 2 aliphatic rings. The molecule has 13 heavy (non-hydrogen) atoms. The monoisotopic (exact) mass is 183 g/mol. The number of aliphatic hydroxyl groups is 1. The second-order valence-electron chi connectivity index (χ2n) is 5.66. The highest BCUT2D eigenvalue weighted by molar-refractivity contribution is 4.95. The van der Waals surface area contributed by atoms with Crippen LogP contribution in [0.25, 0.3) is 0 Å². The summed E-state index contributed by atoms with van der Waals surface area (Å²) < 4.78 is 0. The van der Waals surface area contributed by atoms with Gasteiger partial charge >= 0.3 is 0 Å². The van der Waals surface area contributed by atoms with E-state index < -0.39 is 0 Å². The highest BCUT2D eigenvalue weighted by atomic mass is 16.3. The summed E-state index contributed by atoms with van der Waals surface area (Å²) in [4.78, 5) is 2.53. The highest BCUT2D eigenvalue weighted by Gasteiger charge is 2.43. The van der Waals surface area contributed by atoms with Gasteiger partial charge in [0.25, 0.3) is 0 Å². The maximum atomic E-state index is 9.87. The van der Waals surface area contributed by atoms with Crippen LogP contribution in [0.4, 0.5) is 0 Å². The number of rotatable bonds is 0. The molecule has 76 valence electrons. The maximum Gasteiger partial charge on any atom is 0.0620 e. The van der Waals surface area contributed by atoms with Crippen LogP contribution in [0, 0.1) is 11.8 Å². The summed E-state index contributed by atoms with van der Waals surface area (Å²) in [6, 6.07) is 0. The van der Waals surface area contributed by atoms with Crippen LogP contribution in [0.5, 0.6) is 0 Å². The van der Waals surface area contributed by atoms with E-state index in [0.29, 0.717) is 11.8 Å². The Labute approximate surface area is 80.9 Å². The molecule has 1 N–H and O–H groups in total. The van der Waals surface area contributed by atoms with Crippen LogP contribution in [0.1, 0.15) is 33.6 Å². The Hall–Kier alpha value is -0.0800. The summed E-state index contributed by atoms with van der Waals surface area (Å²) in [5.74, 6) is 1.11. The Morgan fingerprint density at radius 2 is 1.54 bits per heavy atom. The Morgan fingerprint density at radius 1 is 1.08 bits per heavy atom. The summed E-state index contributed by atoms with van der Waals surface area (Å²) in [6.45, 7) is 9.00. The van der Waals surface area contributed by atoms with Gasteiger partial charge < -0.3 is 5.11 Å². The molecule has 0 amide bonds. The van der Waals surface area contributed by atoms with Gasteiger partial charge in [-0.3, -0.25) is 4.90 Å². The first kappa shape index (κ1) is 9.47. The van der Waals surface area contributed by atoms with Crippen molar-refractivity contribution >= 4 is 0 Å². The van der Waals surface area contributed by atoms with Crippen molar-refractivity contribution < 1.29 is 5.11 Å². The molecule has 2 rings (SSSR count). The quantitative estimate of drug-likeness (QED) is 0.615. The second-order valence-corrected chi connectivity index (χ2v) is 5.66. The largest absolute Gasteiger partial charge is 0.392 e. The molecule has 0 unspecified atom stereocenters. The smallest absolute Gasteiger partial charge is 0.0620 e. The van der Waals surface area contributed by atoms with Gasteiger partial charge in [-0.25, -0.2) is 0 Å². The third-order valence-corrected chi connectivity index (χ3v) is 3.73. The van der Waals surface area contributed by atoms with Crippen molar-refractivity contribution in [2.45, 2.75) is 45.3 Å². The molecular formula is C11H21NO. The number of nitrogens with zero attached hydrogens (tertiary/aromatic N) is 1. The molecule has 1 saturated carbocycles. The van der Waals surface area contributed by atoms with Crippen LogP contribution >= 0.6 is 0 Å². The molecule has 3 atom stereocenters. The zero-order valence-corrected chi connectivity index (χ0v) is 8.95. The summed E-state index contributed by atoms with van der Waals surface area (Å²) in [7, 11) is 0. The van der Waals surface area contributed by atoms with Gasteiger partial charge in [0.2, 0.25) is 0 Å². The van der Waals surface area contributed by atoms with Crippen molar-refractivity contribution in [1.29, 1.82) is 0 Å². The third kappa shape index (κ3) is 1.62. The number of piperidine rings is 1. The van der Waals surface area contributed by atoms with Gasteiger partial charge in [-0.05, 0) is 45.4 Å². The molecule has 0 aromatic carbocycles. The number of hydrogen-bond donors (Lipinski definition) is 1. The van der Waals surface area contributed by atoms with E-state index in [1.165, 1.54) is 12.8 Å². The molecule has 0 aromatic heterocycles. The van der Waals surface area contributed by atoms with Gasteiger partial charge in [0.15, 0.2) is 0 Å². The number of aliphatic hydroxyl groups excluding tert-OH is 1. The molecule has 0 spiro atoms. The first-order valence-electron chi connectivity index (χ1n) is 5.41. The van der Waals surface area contributed by atoms with Crippen molar-refractivity contribution in [2.24, 2.45) is 11.8 Å². The predicted octanol–water partition coefficient (Wildman–Crippen LogP) is 1.49. The van der Waals surface area contributed by atoms with E-state index in [4.69, 9.17) is 0 Å². The van der Waals surface area contributed by atoms with Gasteiger partial charge in [0.1, 0.15) is 0 Å². The Kier molecular flexibility index (Phi) is 2.16. The van der Waals surface area contributed by atoms with E-state index in [0.717, 1.165) is 13.1 Å². The lowest BCUT2D eigenvalue weighted by Gasteiger charge is -2.43. The van der Waals surface area contributed by atoms with Crippen molar-refractivity contribution in [1.82, 2.24) is 4.90 Å². The number of hydrogen-bond acceptors (Lipinski definition) is 2. The Balaban J connectivity index is 2.07. The maximum absolute atomic E-state index is 9.87. The number of fused-ring (bicyclic) bond motifs is 2. The standard InChI is InChI=1S/C11H21NO/c1-11(2,3)12-6-8-4-5-9(7-12)10(8)13/h8-10,13H,4-7H2,1-3H3/t8-,9+,10-. The molecule has 1 heterocycles. The minimum absolute atomic E-state index is 0.00130. The molecule has 1 saturated heterocycles. The predicted molar refractivity (Wildman–Crippen MR) is 53.5 cm³/mol. The normalized spacial score (nSPS) is 41.1. The molecule has 2 bridgehead atoms. The molecule has 2 nitrogen and oxygen atoms in total. The van der Waals surface area contributed by atoms with Crippen LogP contribution in [0.15, 0.2) is 0 Å². The lowest BCUT2D eigenvalue weighted by molar-refractivity contribution is -0.0171. The molecule has 2 heteroatoms. The van der Waals surface area contributed by atoms with E-state index in [-0.39, 0.29) is 11.6 Å². The summed E-state index contributed by atoms with van der Waals surface area (Å²) in [6.07, 6.45) is 2.47. The highest BCUT2D eigenvalue weighted by Crippen LogP contribution is 2.38. The van der Waals surface area contributed by atoms with Gasteiger partial charge in [-0.1, -0.05) is 0 Å². The van der Waals surface area contributed by atoms with Gasteiger partial charge in [0, 0.05) is 18.6 Å². The lowest BCUT2D eigenvalue weighted by Crippen LogP contribution is -2.52. The zero-order valence-electron chi connectivity index (χ0n) is 8.95.